The molecule has 0 radical (unpaired) electrons. The van der Waals surface area contributed by atoms with Gasteiger partial charge in [0.2, 0.25) is 0 Å². The van der Waals surface area contributed by atoms with Crippen LogP contribution in [0.4, 0.5) is 13.2 Å². The van der Waals surface area contributed by atoms with Crippen molar-refractivity contribution in [2.24, 2.45) is 5.92 Å². The Kier molecular flexibility index (Phi) is 4.26. The Morgan fingerprint density at radius 2 is 1.89 bits per heavy atom. The molecular weight excluding hydrogens is 321 g/mol. The molecule has 19 heavy (non-hydrogen) atoms. The summed E-state index contributed by atoms with van der Waals surface area (Å²) in [7, 11) is 0. The lowest BCUT2D eigenvalue weighted by Gasteiger charge is -2.37. The van der Waals surface area contributed by atoms with Crippen molar-refractivity contribution < 1.29 is 18.3 Å². The van der Waals surface area contributed by atoms with Gasteiger partial charge >= 0.3 is 6.18 Å². The van der Waals surface area contributed by atoms with Crippen molar-refractivity contribution in [2.45, 2.75) is 43.9 Å². The third-order valence-electron chi connectivity index (χ3n) is 3.73. The number of rotatable bonds is 2. The number of benzene rings is 1. The van der Waals surface area contributed by atoms with Gasteiger partial charge in [0.05, 0.1) is 11.5 Å². The summed E-state index contributed by atoms with van der Waals surface area (Å²) in [6.45, 7) is 0. The number of hydrogen-bond donors (Lipinski definition) is 1. The number of aliphatic hydroxyl groups is 1. The van der Waals surface area contributed by atoms with Crippen molar-refractivity contribution >= 4 is 15.9 Å². The van der Waals surface area contributed by atoms with Crippen molar-refractivity contribution in [1.82, 2.24) is 0 Å². The van der Waals surface area contributed by atoms with Crippen LogP contribution in [0.5, 0.6) is 0 Å². The largest absolute Gasteiger partial charge is 0.391 e. The normalized spacial score (nSPS) is 28.4. The molecule has 1 aliphatic carbocycles. The van der Waals surface area contributed by atoms with Gasteiger partial charge in [-0.2, -0.15) is 13.2 Å². The van der Waals surface area contributed by atoms with Crippen molar-refractivity contribution in [3.63, 3.8) is 0 Å². The van der Waals surface area contributed by atoms with Crippen LogP contribution >= 0.6 is 15.9 Å². The molecule has 0 bridgehead atoms. The van der Waals surface area contributed by atoms with Crippen molar-refractivity contribution in [2.75, 3.05) is 0 Å². The Morgan fingerprint density at radius 1 is 1.26 bits per heavy atom. The summed E-state index contributed by atoms with van der Waals surface area (Å²) in [4.78, 5) is 0. The van der Waals surface area contributed by atoms with Crippen molar-refractivity contribution in [3.05, 3.63) is 34.3 Å². The predicted octanol–water partition coefficient (Wildman–Crippen LogP) is 4.48. The number of hydrogen-bond acceptors (Lipinski definition) is 1. The lowest BCUT2D eigenvalue weighted by Crippen LogP contribution is -2.41. The maximum Gasteiger partial charge on any atom is 0.391 e. The van der Waals surface area contributed by atoms with Gasteiger partial charge in [-0.15, -0.1) is 0 Å². The Morgan fingerprint density at radius 3 is 2.47 bits per heavy atom. The summed E-state index contributed by atoms with van der Waals surface area (Å²) in [6.07, 6.45) is -3.10. The molecule has 5 heteroatoms. The van der Waals surface area contributed by atoms with Gasteiger partial charge in [0, 0.05) is 10.9 Å². The molecule has 2 unspecified atom stereocenters. The fourth-order valence-electron chi connectivity index (χ4n) is 2.76. The van der Waals surface area contributed by atoms with Crippen LogP contribution in [0.15, 0.2) is 28.7 Å². The highest BCUT2D eigenvalue weighted by Gasteiger charge is 2.46. The highest BCUT2D eigenvalue weighted by molar-refractivity contribution is 9.10. The van der Waals surface area contributed by atoms with Crippen LogP contribution in [0.1, 0.15) is 31.2 Å². The van der Waals surface area contributed by atoms with E-state index in [1.165, 1.54) is 0 Å². The summed E-state index contributed by atoms with van der Waals surface area (Å²) in [5.41, 5.74) is -0.361. The molecule has 0 spiro atoms. The van der Waals surface area contributed by atoms with E-state index >= 15 is 0 Å². The Labute approximate surface area is 119 Å². The van der Waals surface area contributed by atoms with E-state index in [1.54, 1.807) is 0 Å². The lowest BCUT2D eigenvalue weighted by atomic mass is 9.75. The van der Waals surface area contributed by atoms with Gasteiger partial charge in [-0.1, -0.05) is 28.1 Å². The molecule has 1 saturated carbocycles. The van der Waals surface area contributed by atoms with E-state index in [0.29, 0.717) is 12.8 Å². The maximum atomic E-state index is 12.8. The monoisotopic (exact) mass is 336 g/mol. The van der Waals surface area contributed by atoms with Gasteiger partial charge in [-0.3, -0.25) is 0 Å². The fourth-order valence-corrected chi connectivity index (χ4v) is 3.03. The van der Waals surface area contributed by atoms with E-state index in [1.807, 2.05) is 24.3 Å². The minimum atomic E-state index is -4.20. The topological polar surface area (TPSA) is 20.2 Å². The molecule has 1 aliphatic rings. The van der Waals surface area contributed by atoms with Crippen LogP contribution in [0, 0.1) is 5.92 Å². The molecule has 2 rings (SSSR count). The van der Waals surface area contributed by atoms with Crippen LogP contribution in [0.25, 0.3) is 0 Å². The Hall–Kier alpha value is -0.550. The van der Waals surface area contributed by atoms with Gasteiger partial charge in [-0.25, -0.2) is 0 Å². The molecule has 1 N–H and O–H groups in total. The van der Waals surface area contributed by atoms with Gasteiger partial charge in [0.15, 0.2) is 0 Å². The van der Waals surface area contributed by atoms with Gasteiger partial charge in [0.25, 0.3) is 0 Å². The second-order valence-corrected chi connectivity index (χ2v) is 6.28. The molecule has 1 aromatic rings. The smallest absolute Gasteiger partial charge is 0.390 e. The van der Waals surface area contributed by atoms with Gasteiger partial charge < -0.3 is 5.11 Å². The van der Waals surface area contributed by atoms with Crippen molar-refractivity contribution in [1.29, 1.82) is 0 Å². The second kappa shape index (κ2) is 5.44. The second-order valence-electron chi connectivity index (χ2n) is 5.36. The first-order chi connectivity index (χ1) is 8.78. The van der Waals surface area contributed by atoms with Gasteiger partial charge in [0.1, 0.15) is 0 Å². The zero-order chi connectivity index (χ0) is 14.1. The van der Waals surface area contributed by atoms with E-state index in [-0.39, 0.29) is 19.3 Å². The van der Waals surface area contributed by atoms with Crippen LogP contribution in [0.2, 0.25) is 0 Å². The first-order valence-corrected chi connectivity index (χ1v) is 7.11. The third kappa shape index (κ3) is 3.96. The number of alkyl halides is 3. The number of halogens is 4. The fraction of sp³-hybridized carbons (Fsp3) is 0.571. The Bertz CT molecular complexity index is 429. The minimum Gasteiger partial charge on any atom is -0.390 e. The highest BCUT2D eigenvalue weighted by atomic mass is 79.9. The summed E-state index contributed by atoms with van der Waals surface area (Å²) in [5.74, 6) is -1.37. The van der Waals surface area contributed by atoms with Crippen molar-refractivity contribution in [3.8, 4) is 0 Å². The molecule has 1 fully saturated rings. The SMILES string of the molecule is OC1(Cc2ccc(Br)cc2)CCCC(C(F)(F)F)C1. The minimum absolute atomic E-state index is 0.131. The molecule has 0 amide bonds. The molecular formula is C14H16BrF3O. The zero-order valence-electron chi connectivity index (χ0n) is 10.4. The summed E-state index contributed by atoms with van der Waals surface area (Å²) in [6, 6.07) is 7.34. The van der Waals surface area contributed by atoms with Crippen LogP contribution in [0.3, 0.4) is 0 Å². The highest BCUT2D eigenvalue weighted by Crippen LogP contribution is 2.42. The Balaban J connectivity index is 2.07. The van der Waals surface area contributed by atoms with Crippen LogP contribution in [-0.2, 0) is 6.42 Å². The average molecular weight is 337 g/mol. The van der Waals surface area contributed by atoms with Gasteiger partial charge in [-0.05, 0) is 43.4 Å². The van der Waals surface area contributed by atoms with E-state index in [2.05, 4.69) is 15.9 Å². The summed E-state index contributed by atoms with van der Waals surface area (Å²) in [5, 5.41) is 10.4. The zero-order valence-corrected chi connectivity index (χ0v) is 12.0. The van der Waals surface area contributed by atoms with E-state index in [9.17, 15) is 18.3 Å². The van der Waals surface area contributed by atoms with Crippen LogP contribution in [-0.4, -0.2) is 16.9 Å². The van der Waals surface area contributed by atoms with E-state index < -0.39 is 17.7 Å². The van der Waals surface area contributed by atoms with E-state index in [4.69, 9.17) is 0 Å². The summed E-state index contributed by atoms with van der Waals surface area (Å²) >= 11 is 3.31. The summed E-state index contributed by atoms with van der Waals surface area (Å²) < 4.78 is 39.2. The standard InChI is InChI=1S/C14H16BrF3O/c15-12-5-3-10(4-6-12)8-13(19)7-1-2-11(9-13)14(16,17)18/h3-6,11,19H,1-2,7-9H2. The van der Waals surface area contributed by atoms with E-state index in [0.717, 1.165) is 10.0 Å². The third-order valence-corrected chi connectivity index (χ3v) is 4.26. The lowest BCUT2D eigenvalue weighted by molar-refractivity contribution is -0.200. The first kappa shape index (κ1) is 14.9. The molecule has 2 atom stereocenters. The quantitative estimate of drug-likeness (QED) is 0.844. The first-order valence-electron chi connectivity index (χ1n) is 6.32. The molecule has 1 aromatic carbocycles. The average Bonchev–Trinajstić information content (AvgIpc) is 2.31. The molecule has 106 valence electrons. The molecule has 1 nitrogen and oxygen atoms in total. The molecule has 0 aliphatic heterocycles. The molecule has 0 aromatic heterocycles. The molecule has 0 saturated heterocycles. The molecule has 0 heterocycles. The predicted molar refractivity (Wildman–Crippen MR) is 70.8 cm³/mol. The van der Waals surface area contributed by atoms with Crippen LogP contribution < -0.4 is 0 Å². The maximum absolute atomic E-state index is 12.8.